The largest absolute Gasteiger partial charge is 0.497 e. The van der Waals surface area contributed by atoms with Crippen LogP contribution in [0.25, 0.3) is 21.3 Å². The van der Waals surface area contributed by atoms with Crippen molar-refractivity contribution < 1.29 is 13.9 Å². The minimum atomic E-state index is -0.305. The van der Waals surface area contributed by atoms with Crippen LogP contribution < -0.4 is 15.0 Å². The van der Waals surface area contributed by atoms with Crippen molar-refractivity contribution in [1.82, 2.24) is 9.97 Å². The average molecular weight is 443 g/mol. The number of nitrogens with zero attached hydrogens (tertiary/aromatic N) is 1. The Balaban J connectivity index is 1.37. The maximum absolute atomic E-state index is 13.2. The molecule has 0 saturated carbocycles. The minimum Gasteiger partial charge on any atom is -0.497 e. The Labute approximate surface area is 180 Å². The molecule has 0 unspecified atom stereocenters. The van der Waals surface area contributed by atoms with Crippen LogP contribution in [0.3, 0.4) is 0 Å². The van der Waals surface area contributed by atoms with Crippen molar-refractivity contribution in [3.05, 3.63) is 75.9 Å². The molecule has 0 radical (unpaired) electrons. The monoisotopic (exact) mass is 442 g/mol. The van der Waals surface area contributed by atoms with Crippen LogP contribution in [0.15, 0.2) is 58.7 Å². The molecule has 4 rings (SSSR count). The Kier molecular flexibility index (Phi) is 6.35. The SMILES string of the molecule is COc1ccc(OCCSCc2nc3scc(-c4ccc(F)cc4)c3c(=O)[nH]2)cc1. The van der Waals surface area contributed by atoms with E-state index in [1.807, 2.05) is 29.6 Å². The smallest absolute Gasteiger partial charge is 0.260 e. The number of methoxy groups -OCH3 is 1. The number of fused-ring (bicyclic) bond motifs is 1. The molecule has 0 saturated heterocycles. The summed E-state index contributed by atoms with van der Waals surface area (Å²) in [5.74, 6) is 3.25. The standard InChI is InChI=1S/C22H19FN2O3S2/c1-27-16-6-8-17(9-7-16)28-10-11-29-13-19-24-21(26)20-18(12-30-22(20)25-19)14-2-4-15(23)5-3-14/h2-9,12H,10-11,13H2,1H3,(H,24,25,26). The predicted molar refractivity (Wildman–Crippen MR) is 120 cm³/mol. The van der Waals surface area contributed by atoms with Gasteiger partial charge in [-0.15, -0.1) is 11.3 Å². The summed E-state index contributed by atoms with van der Waals surface area (Å²) in [6, 6.07) is 13.6. The van der Waals surface area contributed by atoms with Crippen LogP contribution in [0.1, 0.15) is 5.82 Å². The lowest BCUT2D eigenvalue weighted by molar-refractivity contribution is 0.342. The third-order valence-corrected chi connectivity index (χ3v) is 6.25. The molecule has 0 spiro atoms. The van der Waals surface area contributed by atoms with Gasteiger partial charge in [-0.2, -0.15) is 11.8 Å². The number of thiophene rings is 1. The molecule has 2 aromatic carbocycles. The van der Waals surface area contributed by atoms with Crippen molar-refractivity contribution in [2.45, 2.75) is 5.75 Å². The van der Waals surface area contributed by atoms with E-state index in [4.69, 9.17) is 9.47 Å². The zero-order valence-corrected chi connectivity index (χ0v) is 17.8. The van der Waals surface area contributed by atoms with Gasteiger partial charge in [-0.25, -0.2) is 9.37 Å². The second-order valence-electron chi connectivity index (χ2n) is 6.43. The second-order valence-corrected chi connectivity index (χ2v) is 8.39. The van der Waals surface area contributed by atoms with Crippen LogP contribution in [0, 0.1) is 5.82 Å². The van der Waals surface area contributed by atoms with Crippen molar-refractivity contribution in [2.24, 2.45) is 0 Å². The van der Waals surface area contributed by atoms with Crippen LogP contribution >= 0.6 is 23.1 Å². The zero-order chi connectivity index (χ0) is 20.9. The number of hydrogen-bond acceptors (Lipinski definition) is 6. The number of nitrogens with one attached hydrogen (secondary N) is 1. The number of rotatable bonds is 8. The van der Waals surface area contributed by atoms with Gasteiger partial charge in [0.2, 0.25) is 0 Å². The number of aromatic nitrogens is 2. The van der Waals surface area contributed by atoms with Crippen molar-refractivity contribution in [3.63, 3.8) is 0 Å². The molecular formula is C22H19FN2O3S2. The first kappa shape index (κ1) is 20.4. The number of H-pyrrole nitrogens is 1. The fourth-order valence-electron chi connectivity index (χ4n) is 2.96. The normalized spacial score (nSPS) is 11.0. The van der Waals surface area contributed by atoms with Gasteiger partial charge >= 0.3 is 0 Å². The maximum atomic E-state index is 13.2. The Hall–Kier alpha value is -2.84. The molecule has 0 aliphatic heterocycles. The molecule has 2 aromatic heterocycles. The van der Waals surface area contributed by atoms with Crippen molar-refractivity contribution in [1.29, 1.82) is 0 Å². The molecule has 5 nitrogen and oxygen atoms in total. The van der Waals surface area contributed by atoms with Crippen LogP contribution in [-0.4, -0.2) is 29.4 Å². The van der Waals surface area contributed by atoms with E-state index in [1.54, 1.807) is 31.0 Å². The van der Waals surface area contributed by atoms with Crippen molar-refractivity contribution >= 4 is 33.3 Å². The lowest BCUT2D eigenvalue weighted by atomic mass is 10.1. The first-order chi connectivity index (χ1) is 14.6. The topological polar surface area (TPSA) is 64.2 Å². The van der Waals surface area contributed by atoms with E-state index in [2.05, 4.69) is 9.97 Å². The number of ether oxygens (including phenoxy) is 2. The summed E-state index contributed by atoms with van der Waals surface area (Å²) in [4.78, 5) is 20.8. The molecule has 0 aliphatic carbocycles. The van der Waals surface area contributed by atoms with Crippen LogP contribution in [-0.2, 0) is 5.75 Å². The molecule has 8 heteroatoms. The highest BCUT2D eigenvalue weighted by molar-refractivity contribution is 7.98. The molecule has 0 amide bonds. The van der Waals surface area contributed by atoms with Crippen molar-refractivity contribution in [3.8, 4) is 22.6 Å². The molecule has 0 bridgehead atoms. The predicted octanol–water partition coefficient (Wildman–Crippen LogP) is 5.11. The highest BCUT2D eigenvalue weighted by atomic mass is 32.2. The Bertz CT molecular complexity index is 1190. The molecule has 4 aromatic rings. The molecule has 30 heavy (non-hydrogen) atoms. The molecule has 2 heterocycles. The molecule has 0 fully saturated rings. The lowest BCUT2D eigenvalue weighted by Gasteiger charge is -2.07. The Morgan fingerprint density at radius 3 is 2.57 bits per heavy atom. The van der Waals surface area contributed by atoms with Gasteiger partial charge in [0.25, 0.3) is 5.56 Å². The second kappa shape index (κ2) is 9.32. The first-order valence-corrected chi connectivity index (χ1v) is 11.3. The van der Waals surface area contributed by atoms with E-state index in [9.17, 15) is 9.18 Å². The van der Waals surface area contributed by atoms with E-state index in [0.29, 0.717) is 28.4 Å². The summed E-state index contributed by atoms with van der Waals surface area (Å²) < 4.78 is 24.0. The van der Waals surface area contributed by atoms with E-state index < -0.39 is 0 Å². The highest BCUT2D eigenvalue weighted by Gasteiger charge is 2.13. The van der Waals surface area contributed by atoms with E-state index in [1.165, 1.54) is 23.5 Å². The zero-order valence-electron chi connectivity index (χ0n) is 16.2. The van der Waals surface area contributed by atoms with Gasteiger partial charge in [-0.1, -0.05) is 12.1 Å². The average Bonchev–Trinajstić information content (AvgIpc) is 3.19. The van der Waals surface area contributed by atoms with Crippen LogP contribution in [0.4, 0.5) is 4.39 Å². The molecule has 1 N–H and O–H groups in total. The van der Waals surface area contributed by atoms with E-state index >= 15 is 0 Å². The van der Waals surface area contributed by atoms with Gasteiger partial charge in [-0.3, -0.25) is 4.79 Å². The van der Waals surface area contributed by atoms with Gasteiger partial charge in [0.05, 0.1) is 24.9 Å². The number of thioether (sulfide) groups is 1. The summed E-state index contributed by atoms with van der Waals surface area (Å²) in [6.07, 6.45) is 0. The maximum Gasteiger partial charge on any atom is 0.260 e. The third-order valence-electron chi connectivity index (χ3n) is 4.44. The van der Waals surface area contributed by atoms with Gasteiger partial charge in [-0.05, 0) is 42.0 Å². The number of hydrogen-bond donors (Lipinski definition) is 1. The first-order valence-electron chi connectivity index (χ1n) is 9.25. The summed E-state index contributed by atoms with van der Waals surface area (Å²) in [7, 11) is 1.63. The van der Waals surface area contributed by atoms with Crippen molar-refractivity contribution in [2.75, 3.05) is 19.5 Å². The highest BCUT2D eigenvalue weighted by Crippen LogP contribution is 2.31. The third kappa shape index (κ3) is 4.66. The Morgan fingerprint density at radius 2 is 1.83 bits per heavy atom. The summed E-state index contributed by atoms with van der Waals surface area (Å²) in [6.45, 7) is 0.553. The number of halogens is 1. The fraction of sp³-hybridized carbons (Fsp3) is 0.182. The summed E-state index contributed by atoms with van der Waals surface area (Å²) in [5, 5.41) is 2.43. The van der Waals surface area contributed by atoms with Gasteiger partial charge in [0.1, 0.15) is 28.0 Å². The molecule has 0 atom stereocenters. The van der Waals surface area contributed by atoms with Crippen LogP contribution in [0.2, 0.25) is 0 Å². The minimum absolute atomic E-state index is 0.175. The molecule has 0 aliphatic rings. The van der Waals surface area contributed by atoms with E-state index in [0.717, 1.165) is 28.4 Å². The number of benzene rings is 2. The molecular weight excluding hydrogens is 423 g/mol. The summed E-state index contributed by atoms with van der Waals surface area (Å²) >= 11 is 3.05. The lowest BCUT2D eigenvalue weighted by Crippen LogP contribution is -2.11. The van der Waals surface area contributed by atoms with Gasteiger partial charge in [0.15, 0.2) is 0 Å². The fourth-order valence-corrected chi connectivity index (χ4v) is 4.61. The number of aromatic amines is 1. The quantitative estimate of drug-likeness (QED) is 0.384. The van der Waals surface area contributed by atoms with E-state index in [-0.39, 0.29) is 11.4 Å². The van der Waals surface area contributed by atoms with Crippen LogP contribution in [0.5, 0.6) is 11.5 Å². The van der Waals surface area contributed by atoms with Gasteiger partial charge < -0.3 is 14.5 Å². The Morgan fingerprint density at radius 1 is 1.10 bits per heavy atom. The summed E-state index contributed by atoms with van der Waals surface area (Å²) in [5.41, 5.74) is 1.40. The van der Waals surface area contributed by atoms with Gasteiger partial charge in [0, 0.05) is 16.7 Å². The molecule has 154 valence electrons.